The van der Waals surface area contributed by atoms with Crippen molar-refractivity contribution in [3.8, 4) is 0 Å². The lowest BCUT2D eigenvalue weighted by Gasteiger charge is -2.07. The van der Waals surface area contributed by atoms with Gasteiger partial charge in [0.1, 0.15) is 0 Å². The van der Waals surface area contributed by atoms with Crippen molar-refractivity contribution < 1.29 is 9.59 Å². The predicted molar refractivity (Wildman–Crippen MR) is 94.7 cm³/mol. The van der Waals surface area contributed by atoms with Gasteiger partial charge in [-0.05, 0) is 42.0 Å². The fourth-order valence-corrected chi connectivity index (χ4v) is 2.97. The Bertz CT molecular complexity index is 710. The third kappa shape index (κ3) is 4.22. The molecule has 4 heteroatoms. The Morgan fingerprint density at radius 1 is 1.04 bits per heavy atom. The largest absolute Gasteiger partial charge is 0.356 e. The average molecular weight is 322 g/mol. The van der Waals surface area contributed by atoms with Gasteiger partial charge in [-0.25, -0.2) is 0 Å². The van der Waals surface area contributed by atoms with Gasteiger partial charge in [0.15, 0.2) is 0 Å². The molecule has 2 amide bonds. The van der Waals surface area contributed by atoms with Crippen LogP contribution < -0.4 is 10.6 Å². The summed E-state index contributed by atoms with van der Waals surface area (Å²) in [7, 11) is 0. The molecule has 0 aromatic heterocycles. The van der Waals surface area contributed by atoms with E-state index in [9.17, 15) is 9.59 Å². The van der Waals surface area contributed by atoms with Gasteiger partial charge in [0.25, 0.3) is 0 Å². The van der Waals surface area contributed by atoms with E-state index in [1.54, 1.807) is 0 Å². The zero-order valence-corrected chi connectivity index (χ0v) is 13.8. The Labute approximate surface area is 142 Å². The monoisotopic (exact) mass is 322 g/mol. The summed E-state index contributed by atoms with van der Waals surface area (Å²) < 4.78 is 0. The summed E-state index contributed by atoms with van der Waals surface area (Å²) in [4.78, 5) is 23.2. The van der Waals surface area contributed by atoms with Crippen LogP contribution in [0.4, 0.5) is 5.69 Å². The number of hydrogen-bond acceptors (Lipinski definition) is 2. The molecule has 0 unspecified atom stereocenters. The molecule has 124 valence electrons. The number of amides is 2. The molecule has 24 heavy (non-hydrogen) atoms. The van der Waals surface area contributed by atoms with E-state index in [2.05, 4.69) is 22.8 Å². The Morgan fingerprint density at radius 2 is 1.75 bits per heavy atom. The van der Waals surface area contributed by atoms with E-state index in [0.717, 1.165) is 24.1 Å². The highest BCUT2D eigenvalue weighted by atomic mass is 16.2. The lowest BCUT2D eigenvalue weighted by atomic mass is 10.1. The fraction of sp³-hybridized carbons (Fsp3) is 0.300. The molecule has 2 N–H and O–H groups in total. The van der Waals surface area contributed by atoms with Crippen LogP contribution in [-0.4, -0.2) is 18.4 Å². The summed E-state index contributed by atoms with van der Waals surface area (Å²) in [6.07, 6.45) is 1.73. The minimum absolute atomic E-state index is 0.0765. The number of carbonyl (C=O) groups is 2. The molecule has 1 aliphatic rings. The molecule has 0 radical (unpaired) electrons. The second-order valence-corrected chi connectivity index (χ2v) is 6.28. The van der Waals surface area contributed by atoms with E-state index < -0.39 is 0 Å². The SMILES string of the molecule is CC(=O)Nc1ccc(CCNC(=O)[C@@H]2C[C@H]2c2ccccc2)cc1. The highest BCUT2D eigenvalue weighted by Gasteiger charge is 2.43. The minimum atomic E-state index is -0.0765. The first-order valence-electron chi connectivity index (χ1n) is 8.32. The number of hydrogen-bond donors (Lipinski definition) is 2. The summed E-state index contributed by atoms with van der Waals surface area (Å²) in [5.41, 5.74) is 3.19. The molecule has 2 aromatic carbocycles. The van der Waals surface area contributed by atoms with Gasteiger partial charge in [-0.2, -0.15) is 0 Å². The van der Waals surface area contributed by atoms with Gasteiger partial charge < -0.3 is 10.6 Å². The second kappa shape index (κ2) is 7.30. The van der Waals surface area contributed by atoms with Crippen LogP contribution in [0.5, 0.6) is 0 Å². The molecular formula is C20H22N2O2. The summed E-state index contributed by atoms with van der Waals surface area (Å²) >= 11 is 0. The van der Waals surface area contributed by atoms with E-state index in [4.69, 9.17) is 0 Å². The summed E-state index contributed by atoms with van der Waals surface area (Å²) in [6.45, 7) is 2.13. The minimum Gasteiger partial charge on any atom is -0.356 e. The lowest BCUT2D eigenvalue weighted by Crippen LogP contribution is -2.27. The standard InChI is InChI=1S/C20H22N2O2/c1-14(23)22-17-9-7-15(8-10-17)11-12-21-20(24)19-13-18(19)16-5-3-2-4-6-16/h2-10,18-19H,11-13H2,1H3,(H,21,24)(H,22,23)/t18-,19+/m0/s1. The van der Waals surface area contributed by atoms with Gasteiger partial charge in [0, 0.05) is 25.1 Å². The third-order valence-electron chi connectivity index (χ3n) is 4.34. The zero-order chi connectivity index (χ0) is 16.9. The molecule has 4 nitrogen and oxygen atoms in total. The van der Waals surface area contributed by atoms with Crippen LogP contribution in [0, 0.1) is 5.92 Å². The van der Waals surface area contributed by atoms with Crippen molar-refractivity contribution in [3.63, 3.8) is 0 Å². The van der Waals surface area contributed by atoms with Crippen molar-refractivity contribution in [2.45, 2.75) is 25.7 Å². The lowest BCUT2D eigenvalue weighted by molar-refractivity contribution is -0.122. The number of rotatable bonds is 6. The van der Waals surface area contributed by atoms with Crippen molar-refractivity contribution in [2.75, 3.05) is 11.9 Å². The molecule has 0 aliphatic heterocycles. The smallest absolute Gasteiger partial charge is 0.223 e. The molecule has 3 rings (SSSR count). The van der Waals surface area contributed by atoms with Crippen LogP contribution in [0.3, 0.4) is 0 Å². The first-order valence-corrected chi connectivity index (χ1v) is 8.32. The van der Waals surface area contributed by atoms with Gasteiger partial charge in [-0.3, -0.25) is 9.59 Å². The van der Waals surface area contributed by atoms with Crippen molar-refractivity contribution in [1.82, 2.24) is 5.32 Å². The van der Waals surface area contributed by atoms with Crippen LogP contribution >= 0.6 is 0 Å². The Hall–Kier alpha value is -2.62. The van der Waals surface area contributed by atoms with Crippen molar-refractivity contribution in [3.05, 3.63) is 65.7 Å². The Kier molecular flexibility index (Phi) is 4.94. The molecule has 0 saturated heterocycles. The Morgan fingerprint density at radius 3 is 2.42 bits per heavy atom. The summed E-state index contributed by atoms with van der Waals surface area (Å²) in [5, 5.41) is 5.77. The van der Waals surface area contributed by atoms with Gasteiger partial charge in [0.2, 0.25) is 11.8 Å². The van der Waals surface area contributed by atoms with E-state index in [0.29, 0.717) is 12.5 Å². The molecule has 0 bridgehead atoms. The fourth-order valence-electron chi connectivity index (χ4n) is 2.97. The summed E-state index contributed by atoms with van der Waals surface area (Å²) in [5.74, 6) is 0.573. The van der Waals surface area contributed by atoms with E-state index in [1.165, 1.54) is 12.5 Å². The Balaban J connectivity index is 1.42. The van der Waals surface area contributed by atoms with Crippen LogP contribution in [-0.2, 0) is 16.0 Å². The normalized spacial score (nSPS) is 18.7. The van der Waals surface area contributed by atoms with Crippen LogP contribution in [0.15, 0.2) is 54.6 Å². The van der Waals surface area contributed by atoms with Gasteiger partial charge in [-0.15, -0.1) is 0 Å². The highest BCUT2D eigenvalue weighted by molar-refractivity contribution is 5.88. The van der Waals surface area contributed by atoms with Crippen LogP contribution in [0.1, 0.15) is 30.4 Å². The maximum absolute atomic E-state index is 12.2. The molecule has 1 saturated carbocycles. The van der Waals surface area contributed by atoms with Crippen molar-refractivity contribution >= 4 is 17.5 Å². The number of anilines is 1. The molecular weight excluding hydrogens is 300 g/mol. The quantitative estimate of drug-likeness (QED) is 0.858. The zero-order valence-electron chi connectivity index (χ0n) is 13.8. The van der Waals surface area contributed by atoms with Gasteiger partial charge in [0.05, 0.1) is 0 Å². The number of nitrogens with one attached hydrogen (secondary N) is 2. The number of benzene rings is 2. The topological polar surface area (TPSA) is 58.2 Å². The van der Waals surface area contributed by atoms with Crippen molar-refractivity contribution in [2.24, 2.45) is 5.92 Å². The second-order valence-electron chi connectivity index (χ2n) is 6.28. The number of carbonyl (C=O) groups excluding carboxylic acids is 2. The molecule has 1 fully saturated rings. The molecule has 0 heterocycles. The first kappa shape index (κ1) is 16.2. The van der Waals surface area contributed by atoms with E-state index in [1.807, 2.05) is 42.5 Å². The molecule has 2 aromatic rings. The molecule has 0 spiro atoms. The maximum Gasteiger partial charge on any atom is 0.223 e. The van der Waals surface area contributed by atoms with Crippen LogP contribution in [0.2, 0.25) is 0 Å². The first-order chi connectivity index (χ1) is 11.6. The molecule has 1 aliphatic carbocycles. The highest BCUT2D eigenvalue weighted by Crippen LogP contribution is 2.47. The predicted octanol–water partition coefficient (Wildman–Crippen LogP) is 3.11. The third-order valence-corrected chi connectivity index (χ3v) is 4.34. The van der Waals surface area contributed by atoms with Crippen LogP contribution in [0.25, 0.3) is 0 Å². The van der Waals surface area contributed by atoms with E-state index >= 15 is 0 Å². The van der Waals surface area contributed by atoms with Gasteiger partial charge >= 0.3 is 0 Å². The average Bonchev–Trinajstić information content (AvgIpc) is 3.37. The maximum atomic E-state index is 12.2. The van der Waals surface area contributed by atoms with Crippen molar-refractivity contribution in [1.29, 1.82) is 0 Å². The summed E-state index contributed by atoms with van der Waals surface area (Å²) in [6, 6.07) is 17.9. The van der Waals surface area contributed by atoms with Gasteiger partial charge in [-0.1, -0.05) is 42.5 Å². The van der Waals surface area contributed by atoms with E-state index in [-0.39, 0.29) is 17.7 Å². The molecule has 2 atom stereocenters.